The summed E-state index contributed by atoms with van der Waals surface area (Å²) in [5, 5.41) is 9.44. The van der Waals surface area contributed by atoms with Crippen LogP contribution in [0.5, 0.6) is 0 Å². The predicted octanol–water partition coefficient (Wildman–Crippen LogP) is 1.08. The number of Topliss-reactive ketones (excluding diaryl/α,β-unsaturated/α-hetero) is 1. The van der Waals surface area contributed by atoms with E-state index in [0.717, 1.165) is 17.9 Å². The van der Waals surface area contributed by atoms with Crippen LogP contribution in [0.3, 0.4) is 0 Å². The van der Waals surface area contributed by atoms with E-state index >= 15 is 0 Å². The zero-order chi connectivity index (χ0) is 8.27. The lowest BCUT2D eigenvalue weighted by Gasteiger charge is -2.25. The van der Waals surface area contributed by atoms with Crippen molar-refractivity contribution < 1.29 is 9.90 Å². The van der Waals surface area contributed by atoms with Crippen molar-refractivity contribution in [3.63, 3.8) is 0 Å². The molecule has 0 saturated carbocycles. The fraction of sp³-hybridized carbons (Fsp3) is 0.875. The molecule has 1 rings (SSSR count). The minimum atomic E-state index is -0.372. The number of ketones is 1. The molecule has 2 nitrogen and oxygen atoms in total. The van der Waals surface area contributed by atoms with Gasteiger partial charge in [-0.25, -0.2) is 0 Å². The maximum Gasteiger partial charge on any atom is 0.139 e. The van der Waals surface area contributed by atoms with Gasteiger partial charge in [0.05, 0.1) is 12.0 Å². The van der Waals surface area contributed by atoms with E-state index in [-0.39, 0.29) is 17.8 Å². The van der Waals surface area contributed by atoms with Gasteiger partial charge < -0.3 is 5.11 Å². The summed E-state index contributed by atoms with van der Waals surface area (Å²) in [5.41, 5.74) is 0. The molecule has 64 valence electrons. The van der Waals surface area contributed by atoms with Gasteiger partial charge in [0.2, 0.25) is 0 Å². The van der Waals surface area contributed by atoms with Crippen molar-refractivity contribution in [2.24, 2.45) is 5.92 Å². The van der Waals surface area contributed by atoms with E-state index in [9.17, 15) is 9.90 Å². The lowest BCUT2D eigenvalue weighted by Crippen LogP contribution is -2.33. The van der Waals surface area contributed by atoms with E-state index in [1.54, 1.807) is 11.8 Å². The first-order valence-corrected chi connectivity index (χ1v) is 5.19. The summed E-state index contributed by atoms with van der Waals surface area (Å²) >= 11 is 1.77. The normalized spacial score (nSPS) is 31.8. The van der Waals surface area contributed by atoms with Crippen LogP contribution >= 0.6 is 11.8 Å². The van der Waals surface area contributed by atoms with Gasteiger partial charge in [0.15, 0.2) is 0 Å². The molecule has 0 aliphatic carbocycles. The maximum atomic E-state index is 11.2. The number of rotatable bonds is 2. The van der Waals surface area contributed by atoms with E-state index in [1.165, 1.54) is 0 Å². The highest BCUT2D eigenvalue weighted by atomic mass is 32.2. The summed E-state index contributed by atoms with van der Waals surface area (Å²) in [6.45, 7) is 1.86. The smallest absolute Gasteiger partial charge is 0.139 e. The van der Waals surface area contributed by atoms with E-state index in [1.807, 2.05) is 6.92 Å². The standard InChI is InChI=1S/C8H14O2S/c1-2-7(9)6-5-11-4-3-8(6)10/h6,8,10H,2-5H2,1H3. The topological polar surface area (TPSA) is 37.3 Å². The molecule has 1 aliphatic rings. The molecule has 1 heterocycles. The van der Waals surface area contributed by atoms with Gasteiger partial charge in [0.25, 0.3) is 0 Å². The van der Waals surface area contributed by atoms with Crippen molar-refractivity contribution >= 4 is 17.5 Å². The molecule has 11 heavy (non-hydrogen) atoms. The zero-order valence-corrected chi connectivity index (χ0v) is 7.56. The molecule has 0 aromatic rings. The Kier molecular flexibility index (Phi) is 3.40. The maximum absolute atomic E-state index is 11.2. The minimum absolute atomic E-state index is 0.0845. The summed E-state index contributed by atoms with van der Waals surface area (Å²) in [6, 6.07) is 0. The van der Waals surface area contributed by atoms with E-state index in [0.29, 0.717) is 6.42 Å². The summed E-state index contributed by atoms with van der Waals surface area (Å²) < 4.78 is 0. The Balaban J connectivity index is 2.47. The molecule has 0 aromatic heterocycles. The third-order valence-electron chi connectivity index (χ3n) is 2.08. The Bertz CT molecular complexity index is 147. The molecule has 0 amide bonds. The summed E-state index contributed by atoms with van der Waals surface area (Å²) in [5.74, 6) is 1.94. The van der Waals surface area contributed by atoms with Gasteiger partial charge in [0, 0.05) is 12.2 Å². The fourth-order valence-corrected chi connectivity index (χ4v) is 2.53. The van der Waals surface area contributed by atoms with Crippen molar-refractivity contribution in [3.8, 4) is 0 Å². The number of hydrogen-bond acceptors (Lipinski definition) is 3. The van der Waals surface area contributed by atoms with Crippen LogP contribution in [0.1, 0.15) is 19.8 Å². The fourth-order valence-electron chi connectivity index (χ4n) is 1.30. The van der Waals surface area contributed by atoms with E-state index in [2.05, 4.69) is 0 Å². The molecular weight excluding hydrogens is 160 g/mol. The van der Waals surface area contributed by atoms with Gasteiger partial charge in [-0.05, 0) is 12.2 Å². The first-order chi connectivity index (χ1) is 5.25. The van der Waals surface area contributed by atoms with Crippen LogP contribution < -0.4 is 0 Å². The van der Waals surface area contributed by atoms with E-state index in [4.69, 9.17) is 0 Å². The molecule has 0 aromatic carbocycles. The molecule has 3 heteroatoms. The average Bonchev–Trinajstić information content (AvgIpc) is 2.04. The van der Waals surface area contributed by atoms with Crippen molar-refractivity contribution in [1.82, 2.24) is 0 Å². The minimum Gasteiger partial charge on any atom is -0.392 e. The number of carbonyl (C=O) groups is 1. The Morgan fingerprint density at radius 1 is 1.73 bits per heavy atom. The highest BCUT2D eigenvalue weighted by Gasteiger charge is 2.28. The quantitative estimate of drug-likeness (QED) is 0.680. The third-order valence-corrected chi connectivity index (χ3v) is 3.20. The number of thioether (sulfide) groups is 1. The summed E-state index contributed by atoms with van der Waals surface area (Å²) in [6.07, 6.45) is 0.965. The zero-order valence-electron chi connectivity index (χ0n) is 6.75. The van der Waals surface area contributed by atoms with Crippen molar-refractivity contribution in [2.45, 2.75) is 25.9 Å². The Morgan fingerprint density at radius 3 is 3.00 bits per heavy atom. The van der Waals surface area contributed by atoms with Gasteiger partial charge in [-0.3, -0.25) is 4.79 Å². The molecule has 1 aliphatic heterocycles. The first kappa shape index (κ1) is 9.07. The molecule has 1 N–H and O–H groups in total. The molecular formula is C8H14O2S. The second-order valence-electron chi connectivity index (χ2n) is 2.86. The Hall–Kier alpha value is -0.0200. The number of aliphatic hydroxyl groups is 1. The van der Waals surface area contributed by atoms with Crippen molar-refractivity contribution in [3.05, 3.63) is 0 Å². The van der Waals surface area contributed by atoms with Crippen LogP contribution in [-0.2, 0) is 4.79 Å². The van der Waals surface area contributed by atoms with Crippen LogP contribution in [0.2, 0.25) is 0 Å². The summed E-state index contributed by atoms with van der Waals surface area (Å²) in [4.78, 5) is 11.2. The van der Waals surface area contributed by atoms with Gasteiger partial charge >= 0.3 is 0 Å². The van der Waals surface area contributed by atoms with Gasteiger partial charge in [0.1, 0.15) is 5.78 Å². The summed E-state index contributed by atoms with van der Waals surface area (Å²) in [7, 11) is 0. The lowest BCUT2D eigenvalue weighted by atomic mass is 9.96. The van der Waals surface area contributed by atoms with Crippen LogP contribution in [0, 0.1) is 5.92 Å². The van der Waals surface area contributed by atoms with Gasteiger partial charge in [-0.1, -0.05) is 6.92 Å². The van der Waals surface area contributed by atoms with Crippen LogP contribution in [0.4, 0.5) is 0 Å². The van der Waals surface area contributed by atoms with Crippen LogP contribution in [-0.4, -0.2) is 28.5 Å². The molecule has 2 atom stereocenters. The first-order valence-electron chi connectivity index (χ1n) is 4.04. The van der Waals surface area contributed by atoms with Crippen molar-refractivity contribution in [2.75, 3.05) is 11.5 Å². The van der Waals surface area contributed by atoms with Gasteiger partial charge in [-0.15, -0.1) is 0 Å². The van der Waals surface area contributed by atoms with Crippen molar-refractivity contribution in [1.29, 1.82) is 0 Å². The Labute approximate surface area is 71.4 Å². The second-order valence-corrected chi connectivity index (χ2v) is 4.01. The number of hydrogen-bond donors (Lipinski definition) is 1. The lowest BCUT2D eigenvalue weighted by molar-refractivity contribution is -0.125. The SMILES string of the molecule is CCC(=O)C1CSCCC1O. The van der Waals surface area contributed by atoms with Crippen LogP contribution in [0.25, 0.3) is 0 Å². The van der Waals surface area contributed by atoms with Gasteiger partial charge in [-0.2, -0.15) is 11.8 Å². The monoisotopic (exact) mass is 174 g/mol. The molecule has 1 fully saturated rings. The average molecular weight is 174 g/mol. The predicted molar refractivity (Wildman–Crippen MR) is 46.7 cm³/mol. The number of carbonyl (C=O) groups excluding carboxylic acids is 1. The molecule has 0 bridgehead atoms. The third kappa shape index (κ3) is 2.20. The molecule has 1 saturated heterocycles. The van der Waals surface area contributed by atoms with Crippen LogP contribution in [0.15, 0.2) is 0 Å². The largest absolute Gasteiger partial charge is 0.392 e. The Morgan fingerprint density at radius 2 is 2.45 bits per heavy atom. The highest BCUT2D eigenvalue weighted by molar-refractivity contribution is 7.99. The molecule has 2 unspecified atom stereocenters. The van der Waals surface area contributed by atoms with E-state index < -0.39 is 0 Å². The highest BCUT2D eigenvalue weighted by Crippen LogP contribution is 2.24. The number of aliphatic hydroxyl groups excluding tert-OH is 1. The molecule has 0 spiro atoms. The second kappa shape index (κ2) is 4.12. The molecule has 0 radical (unpaired) electrons.